The molecule has 9 nitrogen and oxygen atoms in total. The first kappa shape index (κ1) is 24.4. The molecule has 2 aromatic rings. The number of benzene rings is 2. The standard InChI is InChI=1S/C23H30N6O3S/c1-17(22(30)28-23(24)25)16-18-4-6-19(7-5-18)27-20-8-10-21(11-9-20)33(31,32)26-12-15-29-13-2-3-14-29/h4-11,16,26-27H,2-3,12-15H2,1H3,(H4,24,25,28,30)/b17-16+. The van der Waals surface area contributed by atoms with Crippen LogP contribution in [0.15, 0.2) is 59.0 Å². The number of hydrogen-bond acceptors (Lipinski definition) is 6. The van der Waals surface area contributed by atoms with Gasteiger partial charge in [0, 0.05) is 30.0 Å². The van der Waals surface area contributed by atoms with E-state index in [9.17, 15) is 13.2 Å². The van der Waals surface area contributed by atoms with Crippen LogP contribution in [0.2, 0.25) is 0 Å². The van der Waals surface area contributed by atoms with Gasteiger partial charge in [-0.15, -0.1) is 0 Å². The molecular formula is C23H30N6O3S. The van der Waals surface area contributed by atoms with Crippen LogP contribution in [0.4, 0.5) is 11.4 Å². The molecule has 1 aliphatic rings. The van der Waals surface area contributed by atoms with Crippen LogP contribution < -0.4 is 21.1 Å². The van der Waals surface area contributed by atoms with Crippen LogP contribution in [0, 0.1) is 5.41 Å². The van der Waals surface area contributed by atoms with E-state index in [2.05, 4.69) is 20.3 Å². The van der Waals surface area contributed by atoms with Crippen LogP contribution in [0.5, 0.6) is 0 Å². The Kier molecular flexibility index (Phi) is 8.21. The number of anilines is 2. The zero-order valence-corrected chi connectivity index (χ0v) is 19.4. The summed E-state index contributed by atoms with van der Waals surface area (Å²) in [5, 5.41) is 12.6. The number of guanidine groups is 1. The van der Waals surface area contributed by atoms with Crippen LogP contribution in [0.3, 0.4) is 0 Å². The van der Waals surface area contributed by atoms with Crippen molar-refractivity contribution >= 4 is 39.3 Å². The fourth-order valence-electron chi connectivity index (χ4n) is 3.51. The molecule has 0 atom stereocenters. The van der Waals surface area contributed by atoms with E-state index in [-0.39, 0.29) is 4.90 Å². The van der Waals surface area contributed by atoms with Crippen LogP contribution in [0.1, 0.15) is 25.3 Å². The molecule has 1 aliphatic heterocycles. The summed E-state index contributed by atoms with van der Waals surface area (Å²) in [5.41, 5.74) is 7.99. The summed E-state index contributed by atoms with van der Waals surface area (Å²) in [6, 6.07) is 14.0. The molecule has 0 aliphatic carbocycles. The molecule has 10 heteroatoms. The lowest BCUT2D eigenvalue weighted by Crippen LogP contribution is -2.36. The molecule has 1 heterocycles. The summed E-state index contributed by atoms with van der Waals surface area (Å²) in [6.07, 6.45) is 4.05. The maximum atomic E-state index is 12.5. The summed E-state index contributed by atoms with van der Waals surface area (Å²) < 4.78 is 27.7. The Morgan fingerprint density at radius 3 is 2.21 bits per heavy atom. The Hall–Kier alpha value is -3.21. The lowest BCUT2D eigenvalue weighted by molar-refractivity contribution is -0.116. The van der Waals surface area contributed by atoms with Gasteiger partial charge >= 0.3 is 0 Å². The molecule has 1 fully saturated rings. The minimum Gasteiger partial charge on any atom is -0.370 e. The quantitative estimate of drug-likeness (QED) is 0.216. The summed E-state index contributed by atoms with van der Waals surface area (Å²) in [5.74, 6) is -0.825. The molecular weight excluding hydrogens is 440 g/mol. The van der Waals surface area contributed by atoms with Gasteiger partial charge in [0.15, 0.2) is 5.96 Å². The Morgan fingerprint density at radius 2 is 1.64 bits per heavy atom. The van der Waals surface area contributed by atoms with Crippen molar-refractivity contribution < 1.29 is 13.2 Å². The molecule has 1 saturated heterocycles. The van der Waals surface area contributed by atoms with E-state index in [0.717, 1.165) is 36.6 Å². The van der Waals surface area contributed by atoms with Gasteiger partial charge in [0.05, 0.1) is 4.90 Å². The Morgan fingerprint density at radius 1 is 1.06 bits per heavy atom. The summed E-state index contributed by atoms with van der Waals surface area (Å²) in [6.45, 7) is 4.84. The van der Waals surface area contributed by atoms with Crippen LogP contribution >= 0.6 is 0 Å². The van der Waals surface area contributed by atoms with E-state index in [1.165, 1.54) is 12.8 Å². The number of sulfonamides is 1. The molecule has 6 N–H and O–H groups in total. The van der Waals surface area contributed by atoms with Gasteiger partial charge in [-0.2, -0.15) is 0 Å². The van der Waals surface area contributed by atoms with Crippen molar-refractivity contribution in [1.82, 2.24) is 14.9 Å². The minimum atomic E-state index is -3.54. The SMILES string of the molecule is C/C(=C\c1ccc(Nc2ccc(S(=O)(=O)NCCN3CCCC3)cc2)cc1)C(=O)NC(=N)N. The van der Waals surface area contributed by atoms with E-state index in [0.29, 0.717) is 12.1 Å². The highest BCUT2D eigenvalue weighted by atomic mass is 32.2. The Balaban J connectivity index is 1.55. The smallest absolute Gasteiger partial charge is 0.253 e. The number of likely N-dealkylation sites (tertiary alicyclic amines) is 1. The van der Waals surface area contributed by atoms with Crippen molar-refractivity contribution in [2.75, 3.05) is 31.5 Å². The van der Waals surface area contributed by atoms with Gasteiger partial charge < -0.3 is 16.0 Å². The number of hydrogen-bond donors (Lipinski definition) is 5. The minimum absolute atomic E-state index is 0.231. The van der Waals surface area contributed by atoms with Crippen molar-refractivity contribution in [3.63, 3.8) is 0 Å². The predicted molar refractivity (Wildman–Crippen MR) is 131 cm³/mol. The van der Waals surface area contributed by atoms with Gasteiger partial charge in [-0.05, 0) is 80.9 Å². The van der Waals surface area contributed by atoms with Crippen LogP contribution in [-0.4, -0.2) is 51.4 Å². The van der Waals surface area contributed by atoms with Gasteiger partial charge in [0.2, 0.25) is 10.0 Å². The highest BCUT2D eigenvalue weighted by Gasteiger charge is 2.16. The zero-order valence-electron chi connectivity index (χ0n) is 18.6. The number of amides is 1. The first-order valence-corrected chi connectivity index (χ1v) is 12.2. The summed E-state index contributed by atoms with van der Waals surface area (Å²) >= 11 is 0. The molecule has 0 saturated carbocycles. The molecule has 0 unspecified atom stereocenters. The normalized spacial score (nSPS) is 14.8. The van der Waals surface area contributed by atoms with Gasteiger partial charge in [0.25, 0.3) is 5.91 Å². The predicted octanol–water partition coefficient (Wildman–Crippen LogP) is 2.22. The van der Waals surface area contributed by atoms with Crippen molar-refractivity contribution in [1.29, 1.82) is 5.41 Å². The van der Waals surface area contributed by atoms with Crippen LogP contribution in [-0.2, 0) is 14.8 Å². The highest BCUT2D eigenvalue weighted by Crippen LogP contribution is 2.20. The van der Waals surface area contributed by atoms with Gasteiger partial charge in [0.1, 0.15) is 0 Å². The Labute approximate surface area is 194 Å². The topological polar surface area (TPSA) is 140 Å². The average molecular weight is 471 g/mol. The molecule has 0 radical (unpaired) electrons. The highest BCUT2D eigenvalue weighted by molar-refractivity contribution is 7.89. The number of nitrogens with two attached hydrogens (primary N) is 1. The fourth-order valence-corrected chi connectivity index (χ4v) is 4.53. The zero-order chi connectivity index (χ0) is 23.8. The Bertz CT molecular complexity index is 1110. The maximum absolute atomic E-state index is 12.5. The van der Waals surface area contributed by atoms with Crippen molar-refractivity contribution in [2.45, 2.75) is 24.7 Å². The van der Waals surface area contributed by atoms with Crippen molar-refractivity contribution in [3.8, 4) is 0 Å². The monoisotopic (exact) mass is 470 g/mol. The number of carbonyl (C=O) groups is 1. The molecule has 0 spiro atoms. The molecule has 2 aromatic carbocycles. The van der Waals surface area contributed by atoms with Gasteiger partial charge in [-0.25, -0.2) is 13.1 Å². The second kappa shape index (κ2) is 11.1. The van der Waals surface area contributed by atoms with E-state index in [1.807, 2.05) is 24.3 Å². The third-order valence-corrected chi connectivity index (χ3v) is 6.75. The summed E-state index contributed by atoms with van der Waals surface area (Å²) in [4.78, 5) is 14.3. The molecule has 1 amide bonds. The molecule has 0 bridgehead atoms. The second-order valence-electron chi connectivity index (χ2n) is 7.91. The largest absolute Gasteiger partial charge is 0.370 e. The van der Waals surface area contributed by atoms with E-state index >= 15 is 0 Å². The van der Waals surface area contributed by atoms with Gasteiger partial charge in [-0.3, -0.25) is 15.5 Å². The fraction of sp³-hybridized carbons (Fsp3) is 0.304. The van der Waals surface area contributed by atoms with Crippen molar-refractivity contribution in [2.24, 2.45) is 5.73 Å². The van der Waals surface area contributed by atoms with Gasteiger partial charge in [-0.1, -0.05) is 12.1 Å². The summed E-state index contributed by atoms with van der Waals surface area (Å²) in [7, 11) is -3.54. The second-order valence-corrected chi connectivity index (χ2v) is 9.68. The first-order valence-electron chi connectivity index (χ1n) is 10.8. The molecule has 3 rings (SSSR count). The van der Waals surface area contributed by atoms with Crippen molar-refractivity contribution in [3.05, 3.63) is 59.7 Å². The lowest BCUT2D eigenvalue weighted by atomic mass is 10.1. The van der Waals surface area contributed by atoms with E-state index in [1.54, 1.807) is 37.3 Å². The number of nitrogens with zero attached hydrogens (tertiary/aromatic N) is 1. The average Bonchev–Trinajstić information content (AvgIpc) is 3.28. The van der Waals surface area contributed by atoms with E-state index in [4.69, 9.17) is 11.1 Å². The first-order chi connectivity index (χ1) is 15.7. The molecule has 176 valence electrons. The van der Waals surface area contributed by atoms with Crippen LogP contribution in [0.25, 0.3) is 6.08 Å². The van der Waals surface area contributed by atoms with E-state index < -0.39 is 21.9 Å². The molecule has 0 aromatic heterocycles. The maximum Gasteiger partial charge on any atom is 0.253 e. The molecule has 33 heavy (non-hydrogen) atoms. The lowest BCUT2D eigenvalue weighted by Gasteiger charge is -2.15. The number of rotatable bonds is 9. The third-order valence-electron chi connectivity index (χ3n) is 5.27. The number of nitrogens with one attached hydrogen (secondary N) is 4. The number of carbonyl (C=O) groups excluding carboxylic acids is 1. The third kappa shape index (κ3) is 7.41.